The Kier molecular flexibility index (Phi) is 4.11. The number of aliphatic hydroxyl groups is 1. The Balaban J connectivity index is 2.07. The van der Waals surface area contributed by atoms with Gasteiger partial charge in [-0.05, 0) is 53.3 Å². The van der Waals surface area contributed by atoms with Gasteiger partial charge in [-0.1, -0.05) is 31.2 Å². The molecule has 1 N–H and O–H groups in total. The number of halogens is 1. The van der Waals surface area contributed by atoms with E-state index in [9.17, 15) is 9.90 Å². The minimum Gasteiger partial charge on any atom is -0.506 e. The van der Waals surface area contributed by atoms with E-state index in [0.29, 0.717) is 28.8 Å². The summed E-state index contributed by atoms with van der Waals surface area (Å²) in [6.45, 7) is 1.93. The lowest BCUT2D eigenvalue weighted by atomic mass is 10.0. The lowest BCUT2D eigenvalue weighted by Gasteiger charge is -2.05. The van der Waals surface area contributed by atoms with Crippen LogP contribution >= 0.6 is 22.6 Å². The molecule has 1 aliphatic rings. The second-order valence-corrected chi connectivity index (χ2v) is 6.23. The Hall–Kier alpha value is -1.95. The van der Waals surface area contributed by atoms with Crippen molar-refractivity contribution in [3.05, 3.63) is 68.8 Å². The van der Waals surface area contributed by atoms with E-state index in [1.54, 1.807) is 18.2 Å². The predicted molar refractivity (Wildman–Crippen MR) is 96.9 cm³/mol. The van der Waals surface area contributed by atoms with Crippen LogP contribution in [0.2, 0.25) is 0 Å². The monoisotopic (exact) mass is 403 g/mol. The standard InChI is InChI=1S/C18H14INO2/c1-2-15(20-12-9-7-11(19)8-10-12)16-17(21)13-5-3-4-6-14(13)18(16)22/h3-10,21H,2H2,1H3. The number of aliphatic hydroxyl groups excluding tert-OH is 1. The molecule has 2 aromatic carbocycles. The summed E-state index contributed by atoms with van der Waals surface area (Å²) in [6, 6.07) is 14.8. The normalized spacial score (nSPS) is 14.5. The number of aliphatic imine (C=N–C) groups is 1. The van der Waals surface area contributed by atoms with Gasteiger partial charge in [0, 0.05) is 14.7 Å². The Labute approximate surface area is 142 Å². The van der Waals surface area contributed by atoms with E-state index in [4.69, 9.17) is 0 Å². The van der Waals surface area contributed by atoms with E-state index < -0.39 is 0 Å². The molecule has 0 bridgehead atoms. The zero-order valence-corrected chi connectivity index (χ0v) is 14.2. The number of hydrogen-bond donors (Lipinski definition) is 1. The van der Waals surface area contributed by atoms with Crippen LogP contribution in [-0.4, -0.2) is 16.6 Å². The Morgan fingerprint density at radius 2 is 1.73 bits per heavy atom. The molecule has 0 spiro atoms. The number of hydrogen-bond acceptors (Lipinski definition) is 3. The lowest BCUT2D eigenvalue weighted by molar-refractivity contribution is 0.104. The number of Topliss-reactive ketones (excluding diaryl/α,β-unsaturated/α-hetero) is 1. The second kappa shape index (κ2) is 6.04. The SMILES string of the molecule is CCC(=Nc1ccc(I)cc1)C1=C(O)c2ccccc2C1=O. The van der Waals surface area contributed by atoms with Gasteiger partial charge in [-0.15, -0.1) is 0 Å². The van der Waals surface area contributed by atoms with Crippen molar-refractivity contribution in [1.82, 2.24) is 0 Å². The minimum absolute atomic E-state index is 0.0340. The highest BCUT2D eigenvalue weighted by atomic mass is 127. The van der Waals surface area contributed by atoms with Gasteiger partial charge in [0.25, 0.3) is 0 Å². The van der Waals surface area contributed by atoms with Crippen LogP contribution < -0.4 is 0 Å². The number of rotatable bonds is 3. The fraction of sp³-hybridized carbons (Fsp3) is 0.111. The number of allylic oxidation sites excluding steroid dienone is 1. The van der Waals surface area contributed by atoms with E-state index in [0.717, 1.165) is 9.26 Å². The maximum absolute atomic E-state index is 12.6. The van der Waals surface area contributed by atoms with E-state index in [2.05, 4.69) is 27.6 Å². The molecular formula is C18H14INO2. The highest BCUT2D eigenvalue weighted by Gasteiger charge is 2.31. The molecule has 3 rings (SSSR count). The van der Waals surface area contributed by atoms with Gasteiger partial charge in [0.1, 0.15) is 5.76 Å². The Bertz CT molecular complexity index is 804. The van der Waals surface area contributed by atoms with Gasteiger partial charge in [-0.2, -0.15) is 0 Å². The van der Waals surface area contributed by atoms with E-state index in [1.165, 1.54) is 0 Å². The number of carbonyl (C=O) groups is 1. The summed E-state index contributed by atoms with van der Waals surface area (Å²) < 4.78 is 1.13. The molecule has 1 aliphatic carbocycles. The maximum Gasteiger partial charge on any atom is 0.199 e. The number of nitrogens with zero attached hydrogens (tertiary/aromatic N) is 1. The molecule has 0 saturated heterocycles. The number of benzene rings is 2. The first kappa shape index (κ1) is 15.0. The van der Waals surface area contributed by atoms with E-state index >= 15 is 0 Å². The van der Waals surface area contributed by atoms with Crippen LogP contribution in [0.4, 0.5) is 5.69 Å². The molecule has 0 fully saturated rings. The first-order valence-electron chi connectivity index (χ1n) is 7.02. The topological polar surface area (TPSA) is 49.7 Å². The van der Waals surface area contributed by atoms with Crippen molar-refractivity contribution in [3.8, 4) is 0 Å². The highest BCUT2D eigenvalue weighted by molar-refractivity contribution is 14.1. The van der Waals surface area contributed by atoms with Crippen LogP contribution in [0.5, 0.6) is 0 Å². The molecule has 22 heavy (non-hydrogen) atoms. The smallest absolute Gasteiger partial charge is 0.199 e. The maximum atomic E-state index is 12.6. The van der Waals surface area contributed by atoms with Gasteiger partial charge in [0.15, 0.2) is 5.78 Å². The zero-order valence-electron chi connectivity index (χ0n) is 12.0. The molecule has 3 nitrogen and oxygen atoms in total. The molecule has 0 heterocycles. The van der Waals surface area contributed by atoms with Gasteiger partial charge >= 0.3 is 0 Å². The first-order chi connectivity index (χ1) is 10.6. The van der Waals surface area contributed by atoms with Crippen molar-refractivity contribution in [1.29, 1.82) is 0 Å². The summed E-state index contributed by atoms with van der Waals surface area (Å²) in [6.07, 6.45) is 0.575. The third-order valence-corrected chi connectivity index (χ3v) is 4.32. The third kappa shape index (κ3) is 2.59. The summed E-state index contributed by atoms with van der Waals surface area (Å²) in [7, 11) is 0. The van der Waals surface area contributed by atoms with Crippen molar-refractivity contribution < 1.29 is 9.90 Å². The second-order valence-electron chi connectivity index (χ2n) is 4.99. The summed E-state index contributed by atoms with van der Waals surface area (Å²) in [4.78, 5) is 17.1. The summed E-state index contributed by atoms with van der Waals surface area (Å²) in [5.41, 5.74) is 2.84. The van der Waals surface area contributed by atoms with Crippen LogP contribution in [0.25, 0.3) is 5.76 Å². The molecule has 0 amide bonds. The predicted octanol–water partition coefficient (Wildman–Crippen LogP) is 4.94. The third-order valence-electron chi connectivity index (χ3n) is 3.60. The van der Waals surface area contributed by atoms with Gasteiger partial charge in [-0.25, -0.2) is 0 Å². The average Bonchev–Trinajstić information content (AvgIpc) is 2.79. The minimum atomic E-state index is -0.154. The quantitative estimate of drug-likeness (QED) is 0.583. The van der Waals surface area contributed by atoms with Crippen molar-refractivity contribution in [2.75, 3.05) is 0 Å². The lowest BCUT2D eigenvalue weighted by Crippen LogP contribution is -2.09. The molecular weight excluding hydrogens is 389 g/mol. The summed E-state index contributed by atoms with van der Waals surface area (Å²) in [5, 5.41) is 10.4. The van der Waals surface area contributed by atoms with Crippen molar-refractivity contribution >= 4 is 45.5 Å². The van der Waals surface area contributed by atoms with Gasteiger partial charge in [0.2, 0.25) is 0 Å². The molecule has 4 heteroatoms. The number of carbonyl (C=O) groups excluding carboxylic acids is 1. The van der Waals surface area contributed by atoms with E-state index in [-0.39, 0.29) is 11.5 Å². The Morgan fingerprint density at radius 1 is 1.09 bits per heavy atom. The van der Waals surface area contributed by atoms with Crippen LogP contribution in [-0.2, 0) is 0 Å². The fourth-order valence-corrected chi connectivity index (χ4v) is 2.87. The van der Waals surface area contributed by atoms with Crippen LogP contribution in [0.3, 0.4) is 0 Å². The van der Waals surface area contributed by atoms with Crippen LogP contribution in [0, 0.1) is 3.57 Å². The summed E-state index contributed by atoms with van der Waals surface area (Å²) >= 11 is 2.23. The van der Waals surface area contributed by atoms with Crippen molar-refractivity contribution in [2.24, 2.45) is 4.99 Å². The largest absolute Gasteiger partial charge is 0.506 e. The molecule has 0 unspecified atom stereocenters. The molecule has 0 radical (unpaired) electrons. The summed E-state index contributed by atoms with van der Waals surface area (Å²) in [5.74, 6) is -0.120. The molecule has 0 saturated carbocycles. The van der Waals surface area contributed by atoms with Gasteiger partial charge in [-0.3, -0.25) is 9.79 Å². The number of ketones is 1. The van der Waals surface area contributed by atoms with Crippen LogP contribution in [0.1, 0.15) is 29.3 Å². The molecule has 0 atom stereocenters. The van der Waals surface area contributed by atoms with Gasteiger partial charge in [0.05, 0.1) is 17.0 Å². The van der Waals surface area contributed by atoms with Gasteiger partial charge < -0.3 is 5.11 Å². The highest BCUT2D eigenvalue weighted by Crippen LogP contribution is 2.33. The van der Waals surface area contributed by atoms with Crippen molar-refractivity contribution in [3.63, 3.8) is 0 Å². The van der Waals surface area contributed by atoms with Crippen molar-refractivity contribution in [2.45, 2.75) is 13.3 Å². The molecule has 0 aliphatic heterocycles. The fourth-order valence-electron chi connectivity index (χ4n) is 2.52. The zero-order chi connectivity index (χ0) is 15.7. The number of fused-ring (bicyclic) bond motifs is 1. The molecule has 2 aromatic rings. The first-order valence-corrected chi connectivity index (χ1v) is 8.10. The van der Waals surface area contributed by atoms with E-state index in [1.807, 2.05) is 37.3 Å². The average molecular weight is 403 g/mol. The molecule has 110 valence electrons. The molecule has 0 aromatic heterocycles. The Morgan fingerprint density at radius 3 is 2.32 bits per heavy atom. The van der Waals surface area contributed by atoms with Crippen LogP contribution in [0.15, 0.2) is 59.1 Å².